The number of pyridine rings is 1. The van der Waals surface area contributed by atoms with Crippen LogP contribution in [0.15, 0.2) is 12.1 Å². The molecule has 0 saturated carbocycles. The molecule has 1 atom stereocenters. The summed E-state index contributed by atoms with van der Waals surface area (Å²) in [6.07, 6.45) is 2.30. The summed E-state index contributed by atoms with van der Waals surface area (Å²) in [7, 11) is 1.38. The summed E-state index contributed by atoms with van der Waals surface area (Å²) in [6.45, 7) is 8.41. The Morgan fingerprint density at radius 1 is 1.32 bits per heavy atom. The third kappa shape index (κ3) is 4.89. The highest BCUT2D eigenvalue weighted by Gasteiger charge is 2.11. The van der Waals surface area contributed by atoms with Gasteiger partial charge < -0.3 is 10.1 Å². The molecule has 0 aliphatic heterocycles. The Balaban J connectivity index is 2.65. The normalized spacial score (nSPS) is 12.3. The number of methoxy groups -OCH3 is 1. The molecular formula is C15H24N2O2. The number of nitrogens with zero attached hydrogens (tertiary/aromatic N) is 1. The highest BCUT2D eigenvalue weighted by atomic mass is 16.5. The van der Waals surface area contributed by atoms with Crippen LogP contribution in [-0.2, 0) is 4.74 Å². The molecule has 1 heterocycles. The van der Waals surface area contributed by atoms with E-state index in [0.717, 1.165) is 12.2 Å². The van der Waals surface area contributed by atoms with E-state index in [4.69, 9.17) is 4.74 Å². The summed E-state index contributed by atoms with van der Waals surface area (Å²) in [5.74, 6) is 1.17. The van der Waals surface area contributed by atoms with Crippen LogP contribution in [0.5, 0.6) is 0 Å². The van der Waals surface area contributed by atoms with Gasteiger partial charge in [0.05, 0.1) is 18.4 Å². The molecule has 1 aromatic heterocycles. The predicted molar refractivity (Wildman–Crippen MR) is 77.5 cm³/mol. The summed E-state index contributed by atoms with van der Waals surface area (Å²) in [6, 6.07) is 3.95. The number of nitrogens with one attached hydrogen (secondary N) is 1. The molecule has 19 heavy (non-hydrogen) atoms. The fourth-order valence-corrected chi connectivity index (χ4v) is 1.88. The minimum Gasteiger partial charge on any atom is -0.465 e. The fourth-order valence-electron chi connectivity index (χ4n) is 1.88. The first kappa shape index (κ1) is 15.5. The predicted octanol–water partition coefficient (Wildman–Crippen LogP) is 3.41. The van der Waals surface area contributed by atoms with Crippen LogP contribution in [0.4, 0.5) is 5.82 Å². The maximum absolute atomic E-state index is 11.5. The van der Waals surface area contributed by atoms with Crippen LogP contribution in [-0.4, -0.2) is 24.1 Å². The monoisotopic (exact) mass is 264 g/mol. The molecule has 0 aliphatic rings. The van der Waals surface area contributed by atoms with Crippen LogP contribution in [0.2, 0.25) is 0 Å². The molecule has 1 N–H and O–H groups in total. The molecule has 1 unspecified atom stereocenters. The zero-order valence-electron chi connectivity index (χ0n) is 12.5. The van der Waals surface area contributed by atoms with Crippen LogP contribution < -0.4 is 5.32 Å². The van der Waals surface area contributed by atoms with Gasteiger partial charge in [-0.3, -0.25) is 0 Å². The lowest BCUT2D eigenvalue weighted by molar-refractivity contribution is 0.0599. The number of carbonyl (C=O) groups is 1. The largest absolute Gasteiger partial charge is 0.465 e. The number of rotatable bonds is 6. The van der Waals surface area contributed by atoms with E-state index < -0.39 is 0 Å². The maximum atomic E-state index is 11.5. The Kier molecular flexibility index (Phi) is 5.80. The van der Waals surface area contributed by atoms with Gasteiger partial charge in [0.25, 0.3) is 0 Å². The summed E-state index contributed by atoms with van der Waals surface area (Å²) in [4.78, 5) is 15.9. The standard InChI is InChI=1S/C15H24N2O2/c1-10(2)6-7-11(3)16-14-9-8-13(12(4)17-14)15(18)19-5/h8-11H,6-7H2,1-5H3,(H,16,17). The van der Waals surface area contributed by atoms with E-state index in [-0.39, 0.29) is 5.97 Å². The zero-order valence-corrected chi connectivity index (χ0v) is 12.5. The molecule has 106 valence electrons. The fraction of sp³-hybridized carbons (Fsp3) is 0.600. The average Bonchev–Trinajstić information content (AvgIpc) is 2.35. The van der Waals surface area contributed by atoms with Crippen molar-refractivity contribution in [3.05, 3.63) is 23.4 Å². The number of ether oxygens (including phenoxy) is 1. The molecular weight excluding hydrogens is 240 g/mol. The number of carbonyl (C=O) groups excluding carboxylic acids is 1. The average molecular weight is 264 g/mol. The van der Waals surface area contributed by atoms with Gasteiger partial charge in [-0.15, -0.1) is 0 Å². The summed E-state index contributed by atoms with van der Waals surface area (Å²) >= 11 is 0. The quantitative estimate of drug-likeness (QED) is 0.800. The van der Waals surface area contributed by atoms with E-state index in [1.165, 1.54) is 13.5 Å². The van der Waals surface area contributed by atoms with E-state index in [9.17, 15) is 4.79 Å². The van der Waals surface area contributed by atoms with Crippen LogP contribution >= 0.6 is 0 Å². The summed E-state index contributed by atoms with van der Waals surface area (Å²) < 4.78 is 4.70. The molecule has 0 saturated heterocycles. The lowest BCUT2D eigenvalue weighted by Gasteiger charge is -2.16. The lowest BCUT2D eigenvalue weighted by atomic mass is 10.0. The van der Waals surface area contributed by atoms with Crippen molar-refractivity contribution in [1.29, 1.82) is 0 Å². The van der Waals surface area contributed by atoms with Crippen molar-refractivity contribution in [3.8, 4) is 0 Å². The van der Waals surface area contributed by atoms with E-state index in [1.54, 1.807) is 6.07 Å². The molecule has 1 aromatic rings. The van der Waals surface area contributed by atoms with E-state index in [2.05, 4.69) is 31.1 Å². The molecule has 0 radical (unpaired) electrons. The van der Waals surface area contributed by atoms with E-state index in [0.29, 0.717) is 23.2 Å². The smallest absolute Gasteiger partial charge is 0.339 e. The Labute approximate surface area is 115 Å². The Morgan fingerprint density at radius 2 is 2.00 bits per heavy atom. The Hall–Kier alpha value is -1.58. The Morgan fingerprint density at radius 3 is 2.53 bits per heavy atom. The number of aryl methyl sites for hydroxylation is 1. The molecule has 1 rings (SSSR count). The van der Waals surface area contributed by atoms with Gasteiger partial charge in [-0.05, 0) is 44.7 Å². The van der Waals surface area contributed by atoms with Gasteiger partial charge in [0.15, 0.2) is 0 Å². The van der Waals surface area contributed by atoms with Gasteiger partial charge in [0.1, 0.15) is 5.82 Å². The van der Waals surface area contributed by atoms with Gasteiger partial charge >= 0.3 is 5.97 Å². The lowest BCUT2D eigenvalue weighted by Crippen LogP contribution is -2.17. The van der Waals surface area contributed by atoms with Gasteiger partial charge in [-0.25, -0.2) is 9.78 Å². The van der Waals surface area contributed by atoms with Gasteiger partial charge in [0.2, 0.25) is 0 Å². The van der Waals surface area contributed by atoms with Crippen LogP contribution in [0.1, 0.15) is 49.7 Å². The molecule has 0 spiro atoms. The van der Waals surface area contributed by atoms with Crippen molar-refractivity contribution in [1.82, 2.24) is 4.98 Å². The number of aromatic nitrogens is 1. The van der Waals surface area contributed by atoms with Crippen LogP contribution in [0, 0.1) is 12.8 Å². The first-order valence-corrected chi connectivity index (χ1v) is 6.76. The van der Waals surface area contributed by atoms with Crippen molar-refractivity contribution in [2.24, 2.45) is 5.92 Å². The van der Waals surface area contributed by atoms with E-state index in [1.807, 2.05) is 13.0 Å². The SMILES string of the molecule is COC(=O)c1ccc(NC(C)CCC(C)C)nc1C. The number of esters is 1. The maximum Gasteiger partial charge on any atom is 0.339 e. The van der Waals surface area contributed by atoms with Crippen molar-refractivity contribution in [3.63, 3.8) is 0 Å². The number of anilines is 1. The summed E-state index contributed by atoms with van der Waals surface area (Å²) in [5, 5.41) is 3.36. The Bertz CT molecular complexity index is 430. The highest BCUT2D eigenvalue weighted by Crippen LogP contribution is 2.14. The minimum absolute atomic E-state index is 0.343. The molecule has 0 bridgehead atoms. The van der Waals surface area contributed by atoms with Crippen molar-refractivity contribution >= 4 is 11.8 Å². The second-order valence-corrected chi connectivity index (χ2v) is 5.34. The van der Waals surface area contributed by atoms with Gasteiger partial charge in [0, 0.05) is 6.04 Å². The second kappa shape index (κ2) is 7.12. The van der Waals surface area contributed by atoms with Crippen LogP contribution in [0.25, 0.3) is 0 Å². The third-order valence-corrected chi connectivity index (χ3v) is 3.06. The van der Waals surface area contributed by atoms with Crippen molar-refractivity contribution < 1.29 is 9.53 Å². The molecule has 0 aliphatic carbocycles. The second-order valence-electron chi connectivity index (χ2n) is 5.34. The van der Waals surface area contributed by atoms with Crippen LogP contribution in [0.3, 0.4) is 0 Å². The molecule has 4 heteroatoms. The minimum atomic E-state index is -0.343. The van der Waals surface area contributed by atoms with Crippen molar-refractivity contribution in [2.45, 2.75) is 46.6 Å². The topological polar surface area (TPSA) is 51.2 Å². The van der Waals surface area contributed by atoms with Gasteiger partial charge in [-0.2, -0.15) is 0 Å². The molecule has 0 amide bonds. The summed E-state index contributed by atoms with van der Waals surface area (Å²) in [5.41, 5.74) is 1.20. The molecule has 4 nitrogen and oxygen atoms in total. The highest BCUT2D eigenvalue weighted by molar-refractivity contribution is 5.90. The first-order chi connectivity index (χ1) is 8.93. The van der Waals surface area contributed by atoms with Gasteiger partial charge in [-0.1, -0.05) is 13.8 Å². The number of hydrogen-bond donors (Lipinski definition) is 1. The molecule has 0 fully saturated rings. The van der Waals surface area contributed by atoms with Crippen molar-refractivity contribution in [2.75, 3.05) is 12.4 Å². The first-order valence-electron chi connectivity index (χ1n) is 6.76. The molecule has 0 aromatic carbocycles. The number of hydrogen-bond acceptors (Lipinski definition) is 4. The zero-order chi connectivity index (χ0) is 14.4. The third-order valence-electron chi connectivity index (χ3n) is 3.06. The van der Waals surface area contributed by atoms with E-state index >= 15 is 0 Å².